The first-order chi connectivity index (χ1) is 26.8. The number of hydrogen-bond acceptors (Lipinski definition) is 8. The first kappa shape index (κ1) is 53.8. The largest absolute Gasteiger partial charge is 0.472 e. The van der Waals surface area contributed by atoms with Gasteiger partial charge in [-0.2, -0.15) is 0 Å². The molecular weight excluding hydrogens is 713 g/mol. The van der Waals surface area contributed by atoms with E-state index in [9.17, 15) is 19.0 Å². The topological polar surface area (TPSA) is 134 Å². The lowest BCUT2D eigenvalue weighted by Crippen LogP contribution is -2.29. The van der Waals surface area contributed by atoms with Gasteiger partial charge in [-0.3, -0.25) is 18.6 Å². The Morgan fingerprint density at radius 1 is 0.527 bits per heavy atom. The van der Waals surface area contributed by atoms with Crippen LogP contribution in [0.2, 0.25) is 0 Å². The normalized spacial score (nSPS) is 13.3. The van der Waals surface area contributed by atoms with Crippen molar-refractivity contribution in [3.05, 3.63) is 12.2 Å². The van der Waals surface area contributed by atoms with Crippen molar-refractivity contribution in [1.82, 2.24) is 0 Å². The molecule has 3 N–H and O–H groups in total. The number of allylic oxidation sites excluding steroid dienone is 2. The van der Waals surface area contributed by atoms with E-state index in [1.807, 2.05) is 0 Å². The average molecular weight is 802 g/mol. The van der Waals surface area contributed by atoms with Crippen LogP contribution in [-0.2, 0) is 32.7 Å². The minimum absolute atomic E-state index is 0.0549. The van der Waals surface area contributed by atoms with Crippen molar-refractivity contribution in [2.24, 2.45) is 5.73 Å². The van der Waals surface area contributed by atoms with E-state index in [-0.39, 0.29) is 38.6 Å². The van der Waals surface area contributed by atoms with Gasteiger partial charge in [-0.25, -0.2) is 4.57 Å². The second-order valence-corrected chi connectivity index (χ2v) is 17.1. The number of unbranched alkanes of at least 4 members (excludes halogenated alkanes) is 29. The number of nitrogens with two attached hydrogens (primary N) is 1. The third-order valence-electron chi connectivity index (χ3n) is 10.2. The fourth-order valence-corrected chi connectivity index (χ4v) is 7.45. The molecular formula is C45H88NO8P. The summed E-state index contributed by atoms with van der Waals surface area (Å²) in [6.07, 6.45) is 43.9. The molecule has 0 aliphatic carbocycles. The van der Waals surface area contributed by atoms with Gasteiger partial charge in [-0.1, -0.05) is 193 Å². The Bertz CT molecular complexity index is 917. The maximum atomic E-state index is 12.6. The predicted molar refractivity (Wildman–Crippen MR) is 229 cm³/mol. The van der Waals surface area contributed by atoms with E-state index < -0.39 is 26.5 Å². The van der Waals surface area contributed by atoms with Crippen LogP contribution in [0.1, 0.15) is 232 Å². The number of ether oxygens (including phenoxy) is 2. The van der Waals surface area contributed by atoms with Gasteiger partial charge >= 0.3 is 19.8 Å². The zero-order valence-corrected chi connectivity index (χ0v) is 36.8. The van der Waals surface area contributed by atoms with Gasteiger partial charge in [-0.15, -0.1) is 0 Å². The van der Waals surface area contributed by atoms with Crippen molar-refractivity contribution in [1.29, 1.82) is 0 Å². The van der Waals surface area contributed by atoms with Gasteiger partial charge < -0.3 is 20.1 Å². The van der Waals surface area contributed by atoms with Crippen LogP contribution in [0.4, 0.5) is 0 Å². The zero-order chi connectivity index (χ0) is 40.3. The van der Waals surface area contributed by atoms with Crippen molar-refractivity contribution < 1.29 is 37.6 Å². The Kier molecular flexibility index (Phi) is 41.4. The molecule has 55 heavy (non-hydrogen) atoms. The Hall–Kier alpha value is -1.25. The lowest BCUT2D eigenvalue weighted by atomic mass is 10.0. The molecule has 0 bridgehead atoms. The van der Waals surface area contributed by atoms with Crippen molar-refractivity contribution in [2.45, 2.75) is 238 Å². The van der Waals surface area contributed by atoms with Gasteiger partial charge in [0.2, 0.25) is 0 Å². The Labute approximate surface area is 339 Å². The monoisotopic (exact) mass is 802 g/mol. The van der Waals surface area contributed by atoms with Crippen molar-refractivity contribution in [3.63, 3.8) is 0 Å². The number of hydrogen-bond donors (Lipinski definition) is 2. The lowest BCUT2D eigenvalue weighted by Gasteiger charge is -2.19. The van der Waals surface area contributed by atoms with E-state index >= 15 is 0 Å². The lowest BCUT2D eigenvalue weighted by molar-refractivity contribution is -0.161. The number of carbonyl (C=O) groups is 2. The summed E-state index contributed by atoms with van der Waals surface area (Å²) in [5.41, 5.74) is 5.35. The van der Waals surface area contributed by atoms with E-state index in [4.69, 9.17) is 24.3 Å². The molecule has 2 unspecified atom stereocenters. The molecule has 326 valence electrons. The maximum absolute atomic E-state index is 12.6. The van der Waals surface area contributed by atoms with E-state index in [1.54, 1.807) is 0 Å². The minimum Gasteiger partial charge on any atom is -0.462 e. The first-order valence-corrected chi connectivity index (χ1v) is 24.7. The summed E-state index contributed by atoms with van der Waals surface area (Å²) in [5.74, 6) is -0.826. The Morgan fingerprint density at radius 3 is 1.31 bits per heavy atom. The number of carbonyl (C=O) groups excluding carboxylic acids is 2. The molecule has 0 rings (SSSR count). The molecule has 2 atom stereocenters. The highest BCUT2D eigenvalue weighted by atomic mass is 31.2. The van der Waals surface area contributed by atoms with Crippen LogP contribution >= 0.6 is 7.82 Å². The molecule has 0 saturated carbocycles. The van der Waals surface area contributed by atoms with Gasteiger partial charge in [-0.05, 0) is 38.5 Å². The molecule has 0 amide bonds. The quantitative estimate of drug-likeness (QED) is 0.0267. The smallest absolute Gasteiger partial charge is 0.462 e. The number of phosphoric acid groups is 1. The molecule has 0 aliphatic rings. The van der Waals surface area contributed by atoms with Crippen molar-refractivity contribution in [2.75, 3.05) is 26.4 Å². The van der Waals surface area contributed by atoms with Crippen LogP contribution in [0.3, 0.4) is 0 Å². The minimum atomic E-state index is -4.37. The molecule has 10 heteroatoms. The van der Waals surface area contributed by atoms with E-state index in [0.29, 0.717) is 6.42 Å². The Balaban J connectivity index is 4.02. The third kappa shape index (κ3) is 42.2. The molecule has 0 aliphatic heterocycles. The fourth-order valence-electron chi connectivity index (χ4n) is 6.69. The zero-order valence-electron chi connectivity index (χ0n) is 35.9. The molecule has 0 radical (unpaired) electrons. The predicted octanol–water partition coefficient (Wildman–Crippen LogP) is 13.4. The summed E-state index contributed by atoms with van der Waals surface area (Å²) in [6.45, 7) is 3.74. The van der Waals surface area contributed by atoms with Crippen LogP contribution in [0.5, 0.6) is 0 Å². The highest BCUT2D eigenvalue weighted by Crippen LogP contribution is 2.43. The summed E-state index contributed by atoms with van der Waals surface area (Å²) in [5, 5.41) is 0. The molecule has 0 aromatic rings. The maximum Gasteiger partial charge on any atom is 0.472 e. The van der Waals surface area contributed by atoms with Crippen LogP contribution in [0, 0.1) is 0 Å². The van der Waals surface area contributed by atoms with Crippen LogP contribution in [-0.4, -0.2) is 49.3 Å². The summed E-state index contributed by atoms with van der Waals surface area (Å²) in [7, 11) is -4.37. The summed E-state index contributed by atoms with van der Waals surface area (Å²) >= 11 is 0. The van der Waals surface area contributed by atoms with Gasteiger partial charge in [0, 0.05) is 19.4 Å². The molecule has 0 saturated heterocycles. The summed E-state index contributed by atoms with van der Waals surface area (Å²) in [4.78, 5) is 34.9. The van der Waals surface area contributed by atoms with E-state index in [2.05, 4.69) is 26.0 Å². The van der Waals surface area contributed by atoms with Crippen LogP contribution < -0.4 is 5.73 Å². The van der Waals surface area contributed by atoms with Gasteiger partial charge in [0.05, 0.1) is 13.2 Å². The van der Waals surface area contributed by atoms with E-state index in [1.165, 1.54) is 148 Å². The number of esters is 2. The average Bonchev–Trinajstić information content (AvgIpc) is 3.17. The highest BCUT2D eigenvalue weighted by Gasteiger charge is 2.26. The molecule has 0 heterocycles. The van der Waals surface area contributed by atoms with Gasteiger partial charge in [0.25, 0.3) is 0 Å². The summed E-state index contributed by atoms with van der Waals surface area (Å²) < 4.78 is 32.8. The van der Waals surface area contributed by atoms with Gasteiger partial charge in [0.15, 0.2) is 6.10 Å². The van der Waals surface area contributed by atoms with Crippen molar-refractivity contribution >= 4 is 19.8 Å². The number of rotatable bonds is 44. The van der Waals surface area contributed by atoms with Crippen LogP contribution in [0.15, 0.2) is 12.2 Å². The summed E-state index contributed by atoms with van der Waals surface area (Å²) in [6, 6.07) is 0. The molecule has 9 nitrogen and oxygen atoms in total. The molecule has 0 aromatic carbocycles. The molecule has 0 spiro atoms. The van der Waals surface area contributed by atoms with Crippen molar-refractivity contribution in [3.8, 4) is 0 Å². The second kappa shape index (κ2) is 42.4. The van der Waals surface area contributed by atoms with Crippen LogP contribution in [0.25, 0.3) is 0 Å². The Morgan fingerprint density at radius 2 is 0.891 bits per heavy atom. The standard InChI is InChI=1S/C45H88NO8P/c1-3-5-7-9-11-13-15-17-18-19-20-21-22-23-24-26-27-29-31-33-35-37-44(47)51-41-43(42-53-55(49,50)52-40-39-46)54-45(48)38-36-34-32-30-28-25-16-14-12-10-8-6-4-2/h14,16,43H,3-13,15,17-42,46H2,1-2H3,(H,49,50). The van der Waals surface area contributed by atoms with E-state index in [0.717, 1.165) is 51.4 Å². The number of phosphoric ester groups is 1. The fraction of sp³-hybridized carbons (Fsp3) is 0.911. The highest BCUT2D eigenvalue weighted by molar-refractivity contribution is 7.47. The first-order valence-electron chi connectivity index (χ1n) is 23.2. The molecule has 0 aromatic heterocycles. The molecule has 0 fully saturated rings. The van der Waals surface area contributed by atoms with Gasteiger partial charge in [0.1, 0.15) is 6.61 Å². The third-order valence-corrected chi connectivity index (χ3v) is 11.1. The second-order valence-electron chi connectivity index (χ2n) is 15.6. The SMILES string of the molecule is CCCCCCC=CCCCCCCCC(=O)OC(COC(=O)CCCCCCCCCCCCCCCCCCCCCCC)COP(=O)(O)OCCN.